The van der Waals surface area contributed by atoms with E-state index in [1.165, 1.54) is 12.8 Å². The predicted molar refractivity (Wildman–Crippen MR) is 77.8 cm³/mol. The highest BCUT2D eigenvalue weighted by atomic mass is 16.6. The summed E-state index contributed by atoms with van der Waals surface area (Å²) >= 11 is 0. The zero-order valence-corrected chi connectivity index (χ0v) is 12.7. The molecule has 0 aromatic carbocycles. The van der Waals surface area contributed by atoms with Gasteiger partial charge >= 0.3 is 6.09 Å². The van der Waals surface area contributed by atoms with Gasteiger partial charge in [0.1, 0.15) is 17.0 Å². The monoisotopic (exact) mass is 282 g/mol. The number of ether oxygens (including phenoxy) is 1. The van der Waals surface area contributed by atoms with Crippen molar-refractivity contribution in [2.45, 2.75) is 63.6 Å². The normalized spacial score (nSPS) is 23.1. The molecule has 1 aliphatic carbocycles. The highest BCUT2D eigenvalue weighted by Crippen LogP contribution is 2.32. The molecular formula is C14H26N4O2. The number of carbonyl (C=O) groups is 1. The molecule has 0 atom stereocenters. The largest absolute Gasteiger partial charge is 0.444 e. The van der Waals surface area contributed by atoms with Gasteiger partial charge in [0.05, 0.1) is 0 Å². The molecule has 1 amide bonds. The number of nitrogens with two attached hydrogens (primary N) is 1. The van der Waals surface area contributed by atoms with Gasteiger partial charge in [-0.25, -0.2) is 4.79 Å². The van der Waals surface area contributed by atoms with E-state index in [9.17, 15) is 4.79 Å². The number of rotatable bonds is 3. The number of nitrogens with zero attached hydrogens (tertiary/aromatic N) is 1. The van der Waals surface area contributed by atoms with Gasteiger partial charge in [0, 0.05) is 19.1 Å². The highest BCUT2D eigenvalue weighted by molar-refractivity contribution is 5.91. The lowest BCUT2D eigenvalue weighted by atomic mass is 9.86. The second-order valence-corrected chi connectivity index (χ2v) is 6.89. The Bertz CT molecular complexity index is 390. The molecule has 1 heterocycles. The molecule has 1 saturated carbocycles. The third kappa shape index (κ3) is 3.62. The van der Waals surface area contributed by atoms with Crippen LogP contribution in [0.1, 0.15) is 46.5 Å². The van der Waals surface area contributed by atoms with E-state index in [4.69, 9.17) is 15.9 Å². The van der Waals surface area contributed by atoms with Crippen LogP contribution in [-0.2, 0) is 4.74 Å². The molecule has 6 nitrogen and oxygen atoms in total. The van der Waals surface area contributed by atoms with Gasteiger partial charge in [-0.1, -0.05) is 0 Å². The lowest BCUT2D eigenvalue weighted by Gasteiger charge is -2.41. The summed E-state index contributed by atoms with van der Waals surface area (Å²) in [5, 5.41) is 10.7. The first-order valence-electron chi connectivity index (χ1n) is 7.32. The first-order valence-corrected chi connectivity index (χ1v) is 7.32. The number of hydrogen-bond acceptors (Lipinski definition) is 4. The van der Waals surface area contributed by atoms with Crippen LogP contribution in [0.3, 0.4) is 0 Å². The Hall–Kier alpha value is -1.30. The maximum Gasteiger partial charge on any atom is 0.408 e. The zero-order chi connectivity index (χ0) is 15.0. The fourth-order valence-electron chi connectivity index (χ4n) is 2.67. The molecule has 1 aliphatic heterocycles. The Morgan fingerprint density at radius 3 is 2.30 bits per heavy atom. The van der Waals surface area contributed by atoms with Crippen molar-refractivity contribution in [1.82, 2.24) is 10.2 Å². The molecule has 20 heavy (non-hydrogen) atoms. The molecule has 6 heteroatoms. The summed E-state index contributed by atoms with van der Waals surface area (Å²) < 4.78 is 5.29. The van der Waals surface area contributed by atoms with Crippen molar-refractivity contribution < 1.29 is 9.53 Å². The SMILES string of the molecule is CC(C)(C)OC(=O)NC1(C(=N)N)CCN(C2CC2)CC1. The first-order chi connectivity index (χ1) is 9.22. The van der Waals surface area contributed by atoms with E-state index in [-0.39, 0.29) is 5.84 Å². The second-order valence-electron chi connectivity index (χ2n) is 6.89. The zero-order valence-electron chi connectivity index (χ0n) is 12.7. The Kier molecular flexibility index (Phi) is 3.95. The number of hydrogen-bond donors (Lipinski definition) is 3. The fraction of sp³-hybridized carbons (Fsp3) is 0.857. The molecule has 0 aromatic rings. The molecule has 114 valence electrons. The lowest BCUT2D eigenvalue weighted by Crippen LogP contribution is -2.62. The minimum absolute atomic E-state index is 0.0267. The molecule has 0 unspecified atom stereocenters. The first kappa shape index (κ1) is 15.1. The van der Waals surface area contributed by atoms with Crippen molar-refractivity contribution in [2.24, 2.45) is 5.73 Å². The van der Waals surface area contributed by atoms with Crippen LogP contribution in [0.15, 0.2) is 0 Å². The number of carbonyl (C=O) groups excluding carboxylic acids is 1. The van der Waals surface area contributed by atoms with Gasteiger partial charge < -0.3 is 20.7 Å². The Labute approximate surface area is 120 Å². The van der Waals surface area contributed by atoms with Crippen molar-refractivity contribution in [2.75, 3.05) is 13.1 Å². The Balaban J connectivity index is 1.96. The van der Waals surface area contributed by atoms with Crippen LogP contribution in [-0.4, -0.2) is 47.1 Å². The van der Waals surface area contributed by atoms with Gasteiger partial charge in [0.15, 0.2) is 0 Å². The van der Waals surface area contributed by atoms with Crippen LogP contribution in [0.2, 0.25) is 0 Å². The minimum atomic E-state index is -0.742. The summed E-state index contributed by atoms with van der Waals surface area (Å²) in [6.45, 7) is 7.22. The van der Waals surface area contributed by atoms with Crippen molar-refractivity contribution in [1.29, 1.82) is 5.41 Å². The maximum absolute atomic E-state index is 12.0. The maximum atomic E-state index is 12.0. The molecular weight excluding hydrogens is 256 g/mol. The van der Waals surface area contributed by atoms with Crippen LogP contribution in [0.5, 0.6) is 0 Å². The van der Waals surface area contributed by atoms with Crippen LogP contribution < -0.4 is 11.1 Å². The van der Waals surface area contributed by atoms with E-state index < -0.39 is 17.2 Å². The summed E-state index contributed by atoms with van der Waals surface area (Å²) in [6.07, 6.45) is 3.41. The van der Waals surface area contributed by atoms with Gasteiger partial charge in [-0.05, 0) is 46.5 Å². The van der Waals surface area contributed by atoms with E-state index in [0.29, 0.717) is 18.9 Å². The summed E-state index contributed by atoms with van der Waals surface area (Å²) in [7, 11) is 0. The van der Waals surface area contributed by atoms with Crippen molar-refractivity contribution in [3.05, 3.63) is 0 Å². The molecule has 2 aliphatic rings. The molecule has 0 spiro atoms. The van der Waals surface area contributed by atoms with Gasteiger partial charge in [0.25, 0.3) is 0 Å². The average Bonchev–Trinajstić information content (AvgIpc) is 3.10. The van der Waals surface area contributed by atoms with Crippen LogP contribution in [0, 0.1) is 5.41 Å². The number of amides is 1. The molecule has 4 N–H and O–H groups in total. The third-order valence-electron chi connectivity index (χ3n) is 3.97. The molecule has 0 bridgehead atoms. The standard InChI is InChI=1S/C14H26N4O2/c1-13(2,3)20-12(19)17-14(11(15)16)6-8-18(9-7-14)10-4-5-10/h10H,4-9H2,1-3H3,(H3,15,16)(H,17,19). The molecule has 2 rings (SSSR count). The highest BCUT2D eigenvalue weighted by Gasteiger charge is 2.42. The number of alkyl carbamates (subject to hydrolysis) is 1. The van der Waals surface area contributed by atoms with Crippen molar-refractivity contribution in [3.63, 3.8) is 0 Å². The second kappa shape index (κ2) is 5.24. The van der Waals surface area contributed by atoms with Crippen LogP contribution >= 0.6 is 0 Å². The van der Waals surface area contributed by atoms with E-state index in [0.717, 1.165) is 13.1 Å². The number of piperidine rings is 1. The quantitative estimate of drug-likeness (QED) is 0.539. The van der Waals surface area contributed by atoms with Crippen molar-refractivity contribution >= 4 is 11.9 Å². The smallest absolute Gasteiger partial charge is 0.408 e. The average molecular weight is 282 g/mol. The molecule has 0 radical (unpaired) electrons. The summed E-state index contributed by atoms with van der Waals surface area (Å²) in [4.78, 5) is 14.4. The lowest BCUT2D eigenvalue weighted by molar-refractivity contribution is 0.0442. The minimum Gasteiger partial charge on any atom is -0.444 e. The Morgan fingerprint density at radius 2 is 1.90 bits per heavy atom. The van der Waals surface area contributed by atoms with Crippen molar-refractivity contribution in [3.8, 4) is 0 Å². The predicted octanol–water partition coefficient (Wildman–Crippen LogP) is 1.44. The van der Waals surface area contributed by atoms with Gasteiger partial charge in [0.2, 0.25) is 0 Å². The topological polar surface area (TPSA) is 91.4 Å². The number of amidine groups is 1. The summed E-state index contributed by atoms with van der Waals surface area (Å²) in [5.41, 5.74) is 4.46. The van der Waals surface area contributed by atoms with Gasteiger partial charge in [-0.3, -0.25) is 5.41 Å². The van der Waals surface area contributed by atoms with E-state index in [1.807, 2.05) is 20.8 Å². The third-order valence-corrected chi connectivity index (χ3v) is 3.97. The van der Waals surface area contributed by atoms with Crippen LogP contribution in [0.25, 0.3) is 0 Å². The molecule has 2 fully saturated rings. The van der Waals surface area contributed by atoms with Crippen LogP contribution in [0.4, 0.5) is 4.79 Å². The summed E-state index contributed by atoms with van der Waals surface area (Å²) in [5.74, 6) is 0.0267. The Morgan fingerprint density at radius 1 is 1.35 bits per heavy atom. The number of likely N-dealkylation sites (tertiary alicyclic amines) is 1. The van der Waals surface area contributed by atoms with Gasteiger partial charge in [-0.15, -0.1) is 0 Å². The fourth-order valence-corrected chi connectivity index (χ4v) is 2.67. The number of nitrogens with one attached hydrogen (secondary N) is 2. The van der Waals surface area contributed by atoms with E-state index >= 15 is 0 Å². The van der Waals surface area contributed by atoms with Gasteiger partial charge in [-0.2, -0.15) is 0 Å². The van der Waals surface area contributed by atoms with E-state index in [1.54, 1.807) is 0 Å². The molecule has 1 saturated heterocycles. The molecule has 0 aromatic heterocycles. The van der Waals surface area contributed by atoms with E-state index in [2.05, 4.69) is 10.2 Å². The summed E-state index contributed by atoms with van der Waals surface area (Å²) in [6, 6.07) is 0.710.